The van der Waals surface area contributed by atoms with Crippen LogP contribution >= 0.6 is 0 Å². The molecule has 0 spiro atoms. The molecule has 0 aromatic carbocycles. The molecule has 2 heterocycles. The highest BCUT2D eigenvalue weighted by atomic mass is 19.1. The van der Waals surface area contributed by atoms with Gasteiger partial charge >= 0.3 is 0 Å². The molecule has 1 atom stereocenters. The first-order chi connectivity index (χ1) is 9.65. The van der Waals surface area contributed by atoms with Gasteiger partial charge in [-0.05, 0) is 25.2 Å². The van der Waals surface area contributed by atoms with Crippen LogP contribution < -0.4 is 16.2 Å². The molecule has 6 heteroatoms. The smallest absolute Gasteiger partial charge is 0.178 e. The number of nitrogen functional groups attached to an aromatic ring is 1. The average molecular weight is 284 g/mol. The normalized spacial score (nSPS) is 19.8. The topological polar surface area (TPSA) is 54.2 Å². The van der Waals surface area contributed by atoms with Crippen LogP contribution in [0.25, 0.3) is 0 Å². The Morgan fingerprint density at radius 1 is 1.35 bits per heavy atom. The second-order valence-corrected chi connectivity index (χ2v) is 5.34. The fourth-order valence-corrected chi connectivity index (χ4v) is 2.85. The standard InChI is InChI=1S/C14H22F2N4/c1-2-4-10-5-3-7-20(8-6-10)14-12(16)9-11(15)13(18-14)19-17/h9-10H,2-8,17H2,1H3,(H,18,19). The van der Waals surface area contributed by atoms with Crippen LogP contribution in [0, 0.1) is 17.6 Å². The molecule has 1 aromatic heterocycles. The van der Waals surface area contributed by atoms with E-state index in [1.165, 1.54) is 12.8 Å². The van der Waals surface area contributed by atoms with Gasteiger partial charge in [0.1, 0.15) is 0 Å². The van der Waals surface area contributed by atoms with Gasteiger partial charge in [-0.3, -0.25) is 0 Å². The van der Waals surface area contributed by atoms with Crippen LogP contribution in [0.4, 0.5) is 20.4 Å². The number of hydrazine groups is 1. The zero-order chi connectivity index (χ0) is 14.5. The second kappa shape index (κ2) is 6.83. The van der Waals surface area contributed by atoms with Crippen molar-refractivity contribution in [1.82, 2.24) is 4.98 Å². The Bertz CT molecular complexity index is 453. The van der Waals surface area contributed by atoms with Gasteiger partial charge in [-0.15, -0.1) is 0 Å². The third kappa shape index (κ3) is 3.36. The number of nitrogens with zero attached hydrogens (tertiary/aromatic N) is 2. The molecule has 4 nitrogen and oxygen atoms in total. The number of hydrogen-bond acceptors (Lipinski definition) is 4. The van der Waals surface area contributed by atoms with Gasteiger partial charge in [0.15, 0.2) is 23.3 Å². The number of pyridine rings is 1. The summed E-state index contributed by atoms with van der Waals surface area (Å²) in [6.45, 7) is 3.69. The Balaban J connectivity index is 2.15. The van der Waals surface area contributed by atoms with E-state index in [-0.39, 0.29) is 11.6 Å². The summed E-state index contributed by atoms with van der Waals surface area (Å²) in [4.78, 5) is 5.86. The van der Waals surface area contributed by atoms with Gasteiger partial charge in [0.05, 0.1) is 0 Å². The SMILES string of the molecule is CCCC1CCCN(c2nc(NN)c(F)cc2F)CC1. The average Bonchev–Trinajstić information content (AvgIpc) is 2.65. The lowest BCUT2D eigenvalue weighted by Gasteiger charge is -2.22. The molecule has 2 rings (SSSR count). The molecule has 1 aromatic rings. The van der Waals surface area contributed by atoms with E-state index in [1.807, 2.05) is 4.90 Å². The van der Waals surface area contributed by atoms with E-state index in [9.17, 15) is 8.78 Å². The van der Waals surface area contributed by atoms with Crippen LogP contribution in [0.3, 0.4) is 0 Å². The van der Waals surface area contributed by atoms with Crippen molar-refractivity contribution in [1.29, 1.82) is 0 Å². The van der Waals surface area contributed by atoms with Gasteiger partial charge in [-0.1, -0.05) is 19.8 Å². The summed E-state index contributed by atoms with van der Waals surface area (Å²) in [6, 6.07) is 0.839. The first kappa shape index (κ1) is 15.0. The van der Waals surface area contributed by atoms with E-state index < -0.39 is 11.6 Å². The van der Waals surface area contributed by atoms with E-state index in [0.29, 0.717) is 5.92 Å². The Kier molecular flexibility index (Phi) is 5.11. The Morgan fingerprint density at radius 3 is 2.85 bits per heavy atom. The maximum Gasteiger partial charge on any atom is 0.178 e. The fourth-order valence-electron chi connectivity index (χ4n) is 2.85. The van der Waals surface area contributed by atoms with Crippen LogP contribution in [0.15, 0.2) is 6.07 Å². The van der Waals surface area contributed by atoms with E-state index in [2.05, 4.69) is 17.3 Å². The molecule has 1 fully saturated rings. The largest absolute Gasteiger partial charge is 0.354 e. The van der Waals surface area contributed by atoms with Crippen molar-refractivity contribution in [2.24, 2.45) is 11.8 Å². The lowest BCUT2D eigenvalue weighted by atomic mass is 9.96. The van der Waals surface area contributed by atoms with Crippen LogP contribution in [0.2, 0.25) is 0 Å². The molecule has 1 aliphatic rings. The lowest BCUT2D eigenvalue weighted by molar-refractivity contribution is 0.435. The summed E-state index contributed by atoms with van der Waals surface area (Å²) >= 11 is 0. The minimum Gasteiger partial charge on any atom is -0.354 e. The fraction of sp³-hybridized carbons (Fsp3) is 0.643. The van der Waals surface area contributed by atoms with E-state index >= 15 is 0 Å². The lowest BCUT2D eigenvalue weighted by Crippen LogP contribution is -2.27. The molecule has 0 bridgehead atoms. The maximum absolute atomic E-state index is 13.9. The van der Waals surface area contributed by atoms with E-state index in [4.69, 9.17) is 5.84 Å². The molecule has 112 valence electrons. The first-order valence-electron chi connectivity index (χ1n) is 7.23. The van der Waals surface area contributed by atoms with Crippen LogP contribution in [0.5, 0.6) is 0 Å². The van der Waals surface area contributed by atoms with E-state index in [1.54, 1.807) is 0 Å². The number of nitrogens with two attached hydrogens (primary N) is 1. The third-order valence-corrected chi connectivity index (χ3v) is 3.89. The molecular formula is C14H22F2N4. The van der Waals surface area contributed by atoms with Crippen molar-refractivity contribution in [2.45, 2.75) is 39.0 Å². The van der Waals surface area contributed by atoms with Crippen LogP contribution in [-0.2, 0) is 0 Å². The number of halogens is 2. The van der Waals surface area contributed by atoms with Crippen molar-refractivity contribution in [3.8, 4) is 0 Å². The number of anilines is 2. The number of rotatable bonds is 4. The summed E-state index contributed by atoms with van der Waals surface area (Å²) in [6.07, 6.45) is 5.58. The van der Waals surface area contributed by atoms with Crippen molar-refractivity contribution in [3.05, 3.63) is 17.7 Å². The quantitative estimate of drug-likeness (QED) is 0.659. The molecular weight excluding hydrogens is 262 g/mol. The number of nitrogens with one attached hydrogen (secondary N) is 1. The molecule has 20 heavy (non-hydrogen) atoms. The number of hydrogen-bond donors (Lipinski definition) is 2. The summed E-state index contributed by atoms with van der Waals surface area (Å²) in [5.74, 6) is 4.57. The Morgan fingerprint density at radius 2 is 2.15 bits per heavy atom. The minimum absolute atomic E-state index is 0.115. The molecule has 0 radical (unpaired) electrons. The van der Waals surface area contributed by atoms with Gasteiger partial charge in [0, 0.05) is 19.2 Å². The van der Waals surface area contributed by atoms with Gasteiger partial charge in [-0.2, -0.15) is 0 Å². The zero-order valence-corrected chi connectivity index (χ0v) is 11.8. The monoisotopic (exact) mass is 284 g/mol. The van der Waals surface area contributed by atoms with Gasteiger partial charge in [-0.25, -0.2) is 19.6 Å². The van der Waals surface area contributed by atoms with Crippen molar-refractivity contribution < 1.29 is 8.78 Å². The Labute approximate surface area is 118 Å². The molecule has 1 unspecified atom stereocenters. The maximum atomic E-state index is 13.9. The summed E-state index contributed by atoms with van der Waals surface area (Å²) in [5.41, 5.74) is 2.17. The van der Waals surface area contributed by atoms with Crippen molar-refractivity contribution >= 4 is 11.6 Å². The van der Waals surface area contributed by atoms with E-state index in [0.717, 1.165) is 38.4 Å². The molecule has 0 aliphatic carbocycles. The highest BCUT2D eigenvalue weighted by molar-refractivity contribution is 5.48. The zero-order valence-electron chi connectivity index (χ0n) is 11.8. The van der Waals surface area contributed by atoms with Crippen LogP contribution in [0.1, 0.15) is 39.0 Å². The summed E-state index contributed by atoms with van der Waals surface area (Å²) < 4.78 is 27.3. The molecule has 0 saturated carbocycles. The molecule has 0 amide bonds. The first-order valence-corrected chi connectivity index (χ1v) is 7.23. The predicted molar refractivity (Wildman–Crippen MR) is 76.4 cm³/mol. The summed E-state index contributed by atoms with van der Waals surface area (Å²) in [5, 5.41) is 0. The Hall–Kier alpha value is -1.43. The minimum atomic E-state index is -0.771. The van der Waals surface area contributed by atoms with Crippen molar-refractivity contribution in [3.63, 3.8) is 0 Å². The molecule has 1 saturated heterocycles. The highest BCUT2D eigenvalue weighted by Crippen LogP contribution is 2.27. The van der Waals surface area contributed by atoms with Crippen molar-refractivity contribution in [2.75, 3.05) is 23.4 Å². The number of aromatic nitrogens is 1. The predicted octanol–water partition coefficient (Wildman–Crippen LogP) is 3.05. The van der Waals surface area contributed by atoms with Gasteiger partial charge in [0.25, 0.3) is 0 Å². The van der Waals surface area contributed by atoms with Crippen LogP contribution in [-0.4, -0.2) is 18.1 Å². The highest BCUT2D eigenvalue weighted by Gasteiger charge is 2.21. The molecule has 1 aliphatic heterocycles. The van der Waals surface area contributed by atoms with Gasteiger partial charge < -0.3 is 10.3 Å². The third-order valence-electron chi connectivity index (χ3n) is 3.89. The molecule has 3 N–H and O–H groups in total. The second-order valence-electron chi connectivity index (χ2n) is 5.34. The summed E-state index contributed by atoms with van der Waals surface area (Å²) in [7, 11) is 0. The van der Waals surface area contributed by atoms with Gasteiger partial charge in [0.2, 0.25) is 0 Å².